The van der Waals surface area contributed by atoms with Crippen molar-refractivity contribution in [1.82, 2.24) is 9.38 Å². The van der Waals surface area contributed by atoms with Gasteiger partial charge in [0.05, 0.1) is 12.1 Å². The van der Waals surface area contributed by atoms with Gasteiger partial charge in [0.2, 0.25) is 0 Å². The fourth-order valence-electron chi connectivity index (χ4n) is 2.00. The first-order chi connectivity index (χ1) is 9.19. The molecule has 4 nitrogen and oxygen atoms in total. The fourth-order valence-corrected chi connectivity index (χ4v) is 2.16. The number of nitrogens with zero attached hydrogens (tertiary/aromatic N) is 2. The molecule has 2 heterocycles. The Balaban J connectivity index is 2.16. The molecule has 0 saturated carbocycles. The molecule has 0 bridgehead atoms. The molecule has 0 unspecified atom stereocenters. The van der Waals surface area contributed by atoms with Crippen molar-refractivity contribution in [1.29, 1.82) is 0 Å². The number of halogens is 1. The Bertz CT molecular complexity index is 734. The zero-order valence-electron chi connectivity index (χ0n) is 10.3. The van der Waals surface area contributed by atoms with Gasteiger partial charge in [0.1, 0.15) is 22.9 Å². The quantitative estimate of drug-likeness (QED) is 0.780. The topological polar surface area (TPSA) is 52.5 Å². The van der Waals surface area contributed by atoms with Gasteiger partial charge < -0.3 is 10.5 Å². The van der Waals surface area contributed by atoms with Crippen LogP contribution in [-0.4, -0.2) is 16.5 Å². The van der Waals surface area contributed by atoms with Crippen LogP contribution in [0.15, 0.2) is 42.6 Å². The molecule has 2 aromatic heterocycles. The van der Waals surface area contributed by atoms with Crippen LogP contribution in [0.5, 0.6) is 5.75 Å². The highest BCUT2D eigenvalue weighted by atomic mass is 35.5. The van der Waals surface area contributed by atoms with Gasteiger partial charge in [-0.25, -0.2) is 4.98 Å². The standard InChI is InChI=1S/C14H12ClN3O/c1-19-11-5-2-9(3-6-11)13-14(16)18-8-10(15)4-7-12(18)17-13/h2-8H,16H2,1H3. The van der Waals surface area contributed by atoms with Crippen molar-refractivity contribution in [2.45, 2.75) is 0 Å². The maximum absolute atomic E-state index is 6.12. The van der Waals surface area contributed by atoms with E-state index in [1.54, 1.807) is 23.8 Å². The first kappa shape index (κ1) is 11.9. The Labute approximate surface area is 115 Å². The number of pyridine rings is 1. The number of hydrogen-bond donors (Lipinski definition) is 1. The molecule has 96 valence electrons. The molecule has 0 aliphatic heterocycles. The monoisotopic (exact) mass is 273 g/mol. The second-order valence-corrected chi connectivity index (χ2v) is 4.59. The predicted octanol–water partition coefficient (Wildman–Crippen LogP) is 3.25. The molecule has 0 atom stereocenters. The van der Waals surface area contributed by atoms with Gasteiger partial charge in [0.25, 0.3) is 0 Å². The van der Waals surface area contributed by atoms with Crippen LogP contribution in [0.2, 0.25) is 5.02 Å². The molecule has 0 amide bonds. The number of aromatic nitrogens is 2. The third kappa shape index (κ3) is 2.00. The molecular formula is C14H12ClN3O. The van der Waals surface area contributed by atoms with Gasteiger partial charge in [0, 0.05) is 11.8 Å². The molecule has 5 heteroatoms. The SMILES string of the molecule is COc1ccc(-c2nc3ccc(Cl)cn3c2N)cc1. The van der Waals surface area contributed by atoms with E-state index >= 15 is 0 Å². The van der Waals surface area contributed by atoms with Gasteiger partial charge in [0.15, 0.2) is 0 Å². The third-order valence-electron chi connectivity index (χ3n) is 2.98. The number of benzene rings is 1. The number of fused-ring (bicyclic) bond motifs is 1. The number of nitrogen functional groups attached to an aromatic ring is 1. The first-order valence-corrected chi connectivity index (χ1v) is 6.14. The number of hydrogen-bond acceptors (Lipinski definition) is 3. The van der Waals surface area contributed by atoms with Crippen LogP contribution in [0.25, 0.3) is 16.9 Å². The molecule has 0 fully saturated rings. The van der Waals surface area contributed by atoms with E-state index in [4.69, 9.17) is 22.1 Å². The Hall–Kier alpha value is -2.20. The molecule has 3 aromatic rings. The second kappa shape index (κ2) is 4.48. The highest BCUT2D eigenvalue weighted by Gasteiger charge is 2.11. The van der Waals surface area contributed by atoms with Crippen LogP contribution in [-0.2, 0) is 0 Å². The summed E-state index contributed by atoms with van der Waals surface area (Å²) >= 11 is 5.96. The number of ether oxygens (including phenoxy) is 1. The van der Waals surface area contributed by atoms with E-state index in [0.29, 0.717) is 10.8 Å². The first-order valence-electron chi connectivity index (χ1n) is 5.76. The molecule has 0 spiro atoms. The lowest BCUT2D eigenvalue weighted by atomic mass is 10.1. The van der Waals surface area contributed by atoms with Crippen molar-refractivity contribution < 1.29 is 4.74 Å². The van der Waals surface area contributed by atoms with Gasteiger partial charge in [-0.05, 0) is 36.4 Å². The van der Waals surface area contributed by atoms with Crippen molar-refractivity contribution >= 4 is 23.1 Å². The van der Waals surface area contributed by atoms with E-state index in [9.17, 15) is 0 Å². The fraction of sp³-hybridized carbons (Fsp3) is 0.0714. The normalized spacial score (nSPS) is 10.8. The largest absolute Gasteiger partial charge is 0.497 e. The third-order valence-corrected chi connectivity index (χ3v) is 3.21. The van der Waals surface area contributed by atoms with E-state index in [1.807, 2.05) is 30.3 Å². The van der Waals surface area contributed by atoms with E-state index in [1.165, 1.54) is 0 Å². The molecule has 0 saturated heterocycles. The minimum Gasteiger partial charge on any atom is -0.497 e. The van der Waals surface area contributed by atoms with Crippen LogP contribution in [0.1, 0.15) is 0 Å². The summed E-state index contributed by atoms with van der Waals surface area (Å²) < 4.78 is 6.92. The summed E-state index contributed by atoms with van der Waals surface area (Å²) in [5.74, 6) is 1.37. The number of nitrogens with two attached hydrogens (primary N) is 1. The van der Waals surface area contributed by atoms with Crippen molar-refractivity contribution in [2.75, 3.05) is 12.8 Å². The maximum Gasteiger partial charge on any atom is 0.139 e. The van der Waals surface area contributed by atoms with Crippen LogP contribution in [0.4, 0.5) is 5.82 Å². The van der Waals surface area contributed by atoms with Gasteiger partial charge in [-0.1, -0.05) is 11.6 Å². The predicted molar refractivity (Wildman–Crippen MR) is 76.6 cm³/mol. The number of anilines is 1. The van der Waals surface area contributed by atoms with E-state index < -0.39 is 0 Å². The van der Waals surface area contributed by atoms with Crippen molar-refractivity contribution in [3.8, 4) is 17.0 Å². The number of methoxy groups -OCH3 is 1. The minimum absolute atomic E-state index is 0.572. The smallest absolute Gasteiger partial charge is 0.139 e. The molecule has 3 rings (SSSR count). The summed E-state index contributed by atoms with van der Waals surface area (Å²) in [6.45, 7) is 0. The number of imidazole rings is 1. The van der Waals surface area contributed by atoms with Crippen molar-refractivity contribution in [3.05, 3.63) is 47.6 Å². The molecule has 0 radical (unpaired) electrons. The summed E-state index contributed by atoms with van der Waals surface area (Å²) in [6, 6.07) is 11.3. The Kier molecular flexibility index (Phi) is 2.80. The Morgan fingerprint density at radius 1 is 1.16 bits per heavy atom. The summed E-state index contributed by atoms with van der Waals surface area (Å²) in [5.41, 5.74) is 8.58. The maximum atomic E-state index is 6.12. The zero-order chi connectivity index (χ0) is 13.4. The van der Waals surface area contributed by atoms with Crippen LogP contribution in [0, 0.1) is 0 Å². The lowest BCUT2D eigenvalue weighted by molar-refractivity contribution is 0.415. The van der Waals surface area contributed by atoms with Gasteiger partial charge in [-0.15, -0.1) is 0 Å². The minimum atomic E-state index is 0.572. The second-order valence-electron chi connectivity index (χ2n) is 4.15. The van der Waals surface area contributed by atoms with E-state index in [2.05, 4.69) is 4.98 Å². The average Bonchev–Trinajstić information content (AvgIpc) is 2.76. The lowest BCUT2D eigenvalue weighted by Gasteiger charge is -2.02. The Morgan fingerprint density at radius 2 is 1.89 bits per heavy atom. The van der Waals surface area contributed by atoms with Crippen molar-refractivity contribution in [3.63, 3.8) is 0 Å². The molecule has 1 aromatic carbocycles. The summed E-state index contributed by atoms with van der Waals surface area (Å²) in [4.78, 5) is 4.52. The van der Waals surface area contributed by atoms with Crippen molar-refractivity contribution in [2.24, 2.45) is 0 Å². The van der Waals surface area contributed by atoms with E-state index in [0.717, 1.165) is 22.7 Å². The summed E-state index contributed by atoms with van der Waals surface area (Å²) in [7, 11) is 1.64. The van der Waals surface area contributed by atoms with E-state index in [-0.39, 0.29) is 0 Å². The summed E-state index contributed by atoms with van der Waals surface area (Å²) in [6.07, 6.45) is 1.76. The molecule has 19 heavy (non-hydrogen) atoms. The molecule has 0 aliphatic rings. The summed E-state index contributed by atoms with van der Waals surface area (Å²) in [5, 5.41) is 0.623. The number of rotatable bonds is 2. The molecule has 0 aliphatic carbocycles. The van der Waals surface area contributed by atoms with Gasteiger partial charge in [-0.3, -0.25) is 4.40 Å². The van der Waals surface area contributed by atoms with Gasteiger partial charge in [-0.2, -0.15) is 0 Å². The lowest BCUT2D eigenvalue weighted by Crippen LogP contribution is -1.94. The van der Waals surface area contributed by atoms with Crippen LogP contribution >= 0.6 is 11.6 Å². The molecular weight excluding hydrogens is 262 g/mol. The van der Waals surface area contributed by atoms with Crippen LogP contribution < -0.4 is 10.5 Å². The highest BCUT2D eigenvalue weighted by molar-refractivity contribution is 6.30. The average molecular weight is 274 g/mol. The zero-order valence-corrected chi connectivity index (χ0v) is 11.1. The highest BCUT2D eigenvalue weighted by Crippen LogP contribution is 2.28. The van der Waals surface area contributed by atoms with Crippen LogP contribution in [0.3, 0.4) is 0 Å². The molecule has 2 N–H and O–H groups in total. The Morgan fingerprint density at radius 3 is 2.58 bits per heavy atom. The van der Waals surface area contributed by atoms with Gasteiger partial charge >= 0.3 is 0 Å².